The van der Waals surface area contributed by atoms with Crippen LogP contribution in [-0.2, 0) is 0 Å². The second-order valence-corrected chi connectivity index (χ2v) is 6.45. The molecule has 0 amide bonds. The molecule has 0 aliphatic heterocycles. The lowest BCUT2D eigenvalue weighted by molar-refractivity contribution is 0.415. The van der Waals surface area contributed by atoms with Crippen LogP contribution in [0.25, 0.3) is 11.4 Å². The molecular formula is C15H18N4S2. The van der Waals surface area contributed by atoms with Gasteiger partial charge < -0.3 is 10.6 Å². The van der Waals surface area contributed by atoms with Crippen LogP contribution in [0.15, 0.2) is 29.8 Å². The second-order valence-electron chi connectivity index (χ2n) is 5.19. The molecule has 0 spiro atoms. The molecule has 0 aromatic carbocycles. The summed E-state index contributed by atoms with van der Waals surface area (Å²) in [5, 5.41) is 10.0. The normalized spacial score (nSPS) is 15.6. The van der Waals surface area contributed by atoms with Crippen LogP contribution in [0.4, 0.5) is 5.13 Å². The number of hydrogen-bond donors (Lipinski definition) is 2. The molecule has 1 saturated carbocycles. The zero-order chi connectivity index (χ0) is 14.5. The van der Waals surface area contributed by atoms with Gasteiger partial charge in [-0.05, 0) is 37.2 Å². The highest BCUT2D eigenvalue weighted by atomic mass is 32.1. The van der Waals surface area contributed by atoms with E-state index >= 15 is 0 Å². The summed E-state index contributed by atoms with van der Waals surface area (Å²) in [6, 6.07) is 6.33. The van der Waals surface area contributed by atoms with Crippen LogP contribution in [-0.4, -0.2) is 21.1 Å². The summed E-state index contributed by atoms with van der Waals surface area (Å²) in [6.45, 7) is 0. The Hall–Kier alpha value is -1.53. The maximum Gasteiger partial charge on any atom is 0.189 e. The molecule has 2 aromatic heterocycles. The molecule has 21 heavy (non-hydrogen) atoms. The molecule has 110 valence electrons. The summed E-state index contributed by atoms with van der Waals surface area (Å²) in [4.78, 5) is 8.83. The standard InChI is InChI=1S/C15H18N4S2/c20-14(17-11-6-2-1-3-7-11)19-15-18-13(10-21-15)12-8-4-5-9-16-12/h4-5,8-11H,1-3,6-7H2,(H2,17,18,19,20). The third-order valence-electron chi connectivity index (χ3n) is 3.59. The number of aromatic nitrogens is 2. The Morgan fingerprint density at radius 1 is 1.19 bits per heavy atom. The van der Waals surface area contributed by atoms with Gasteiger partial charge >= 0.3 is 0 Å². The molecule has 0 unspecified atom stereocenters. The van der Waals surface area contributed by atoms with Crippen molar-refractivity contribution < 1.29 is 0 Å². The monoisotopic (exact) mass is 318 g/mol. The smallest absolute Gasteiger partial charge is 0.189 e. The number of pyridine rings is 1. The lowest BCUT2D eigenvalue weighted by Crippen LogP contribution is -2.38. The topological polar surface area (TPSA) is 49.8 Å². The Morgan fingerprint density at radius 2 is 2.05 bits per heavy atom. The van der Waals surface area contributed by atoms with Crippen molar-refractivity contribution in [3.05, 3.63) is 29.8 Å². The van der Waals surface area contributed by atoms with Crippen LogP contribution >= 0.6 is 23.6 Å². The van der Waals surface area contributed by atoms with E-state index < -0.39 is 0 Å². The van der Waals surface area contributed by atoms with Crippen LogP contribution in [0, 0.1) is 0 Å². The number of nitrogens with zero attached hydrogens (tertiary/aromatic N) is 2. The molecule has 1 aliphatic rings. The summed E-state index contributed by atoms with van der Waals surface area (Å²) in [5.74, 6) is 0. The first-order valence-electron chi connectivity index (χ1n) is 7.26. The number of thiazole rings is 1. The summed E-state index contributed by atoms with van der Waals surface area (Å²) >= 11 is 6.92. The summed E-state index contributed by atoms with van der Waals surface area (Å²) in [7, 11) is 0. The average molecular weight is 318 g/mol. The molecule has 1 aliphatic carbocycles. The van der Waals surface area contributed by atoms with E-state index in [9.17, 15) is 0 Å². The van der Waals surface area contributed by atoms with E-state index in [2.05, 4.69) is 20.6 Å². The van der Waals surface area contributed by atoms with E-state index in [1.165, 1.54) is 32.1 Å². The van der Waals surface area contributed by atoms with E-state index in [0.717, 1.165) is 16.5 Å². The maximum atomic E-state index is 5.37. The zero-order valence-corrected chi connectivity index (χ0v) is 13.3. The second kappa shape index (κ2) is 6.95. The number of rotatable bonds is 3. The van der Waals surface area contributed by atoms with Crippen LogP contribution in [0.1, 0.15) is 32.1 Å². The Morgan fingerprint density at radius 3 is 2.81 bits per heavy atom. The third-order valence-corrected chi connectivity index (χ3v) is 4.57. The van der Waals surface area contributed by atoms with Gasteiger partial charge in [-0.2, -0.15) is 0 Å². The first kappa shape index (κ1) is 14.4. The first-order valence-corrected chi connectivity index (χ1v) is 8.54. The highest BCUT2D eigenvalue weighted by Crippen LogP contribution is 2.23. The number of anilines is 1. The minimum Gasteiger partial charge on any atom is -0.360 e. The fraction of sp³-hybridized carbons (Fsp3) is 0.400. The zero-order valence-electron chi connectivity index (χ0n) is 11.7. The van der Waals surface area contributed by atoms with Crippen LogP contribution in [0.2, 0.25) is 0 Å². The van der Waals surface area contributed by atoms with Gasteiger partial charge in [0.25, 0.3) is 0 Å². The molecule has 0 radical (unpaired) electrons. The highest BCUT2D eigenvalue weighted by Gasteiger charge is 2.14. The van der Waals surface area contributed by atoms with Gasteiger partial charge in [0.15, 0.2) is 10.2 Å². The average Bonchev–Trinajstić information content (AvgIpc) is 2.97. The van der Waals surface area contributed by atoms with E-state index in [4.69, 9.17) is 12.2 Å². The van der Waals surface area contributed by atoms with Gasteiger partial charge in [0, 0.05) is 17.6 Å². The molecule has 0 saturated heterocycles. The quantitative estimate of drug-likeness (QED) is 0.843. The molecule has 2 heterocycles. The summed E-state index contributed by atoms with van der Waals surface area (Å²) < 4.78 is 0. The van der Waals surface area contributed by atoms with E-state index in [0.29, 0.717) is 11.2 Å². The predicted octanol–water partition coefficient (Wildman–Crippen LogP) is 3.82. The number of thiocarbonyl (C=S) groups is 1. The summed E-state index contributed by atoms with van der Waals surface area (Å²) in [5.41, 5.74) is 1.76. The minimum atomic E-state index is 0.508. The molecule has 6 heteroatoms. The Labute approximate surface area is 134 Å². The Kier molecular flexibility index (Phi) is 4.77. The first-order chi connectivity index (χ1) is 10.3. The van der Waals surface area contributed by atoms with Crippen LogP contribution < -0.4 is 10.6 Å². The van der Waals surface area contributed by atoms with Crippen molar-refractivity contribution in [2.24, 2.45) is 0 Å². The Balaban J connectivity index is 1.58. The van der Waals surface area contributed by atoms with E-state index in [1.807, 2.05) is 23.6 Å². The molecule has 2 N–H and O–H groups in total. The fourth-order valence-electron chi connectivity index (χ4n) is 2.53. The lowest BCUT2D eigenvalue weighted by atomic mass is 9.96. The Bertz CT molecular complexity index is 591. The van der Waals surface area contributed by atoms with Gasteiger partial charge in [-0.15, -0.1) is 11.3 Å². The van der Waals surface area contributed by atoms with Gasteiger partial charge in [0.1, 0.15) is 5.69 Å². The largest absolute Gasteiger partial charge is 0.360 e. The number of nitrogens with one attached hydrogen (secondary N) is 2. The van der Waals surface area contributed by atoms with Crippen molar-refractivity contribution in [1.29, 1.82) is 0 Å². The predicted molar refractivity (Wildman–Crippen MR) is 91.6 cm³/mol. The van der Waals surface area contributed by atoms with Crippen molar-refractivity contribution in [3.63, 3.8) is 0 Å². The van der Waals surface area contributed by atoms with Gasteiger partial charge in [0.05, 0.1) is 5.69 Å². The molecule has 2 aromatic rings. The molecule has 0 atom stereocenters. The lowest BCUT2D eigenvalue weighted by Gasteiger charge is -2.23. The van der Waals surface area contributed by atoms with Crippen molar-refractivity contribution in [2.75, 3.05) is 5.32 Å². The van der Waals surface area contributed by atoms with Gasteiger partial charge in [-0.3, -0.25) is 4.98 Å². The molecular weight excluding hydrogens is 300 g/mol. The van der Waals surface area contributed by atoms with Crippen molar-refractivity contribution >= 4 is 33.8 Å². The molecule has 0 bridgehead atoms. The van der Waals surface area contributed by atoms with Gasteiger partial charge in [-0.1, -0.05) is 25.3 Å². The fourth-order valence-corrected chi connectivity index (χ4v) is 3.57. The molecule has 3 rings (SSSR count). The summed E-state index contributed by atoms with van der Waals surface area (Å²) in [6.07, 6.45) is 8.12. The molecule has 1 fully saturated rings. The van der Waals surface area contributed by atoms with Crippen LogP contribution in [0.3, 0.4) is 0 Å². The molecule has 4 nitrogen and oxygen atoms in total. The number of hydrogen-bond acceptors (Lipinski definition) is 4. The SMILES string of the molecule is S=C(Nc1nc(-c2ccccn2)cs1)NC1CCCCC1. The highest BCUT2D eigenvalue weighted by molar-refractivity contribution is 7.80. The van der Waals surface area contributed by atoms with Crippen molar-refractivity contribution in [3.8, 4) is 11.4 Å². The minimum absolute atomic E-state index is 0.508. The maximum absolute atomic E-state index is 5.37. The van der Waals surface area contributed by atoms with Gasteiger partial charge in [0.2, 0.25) is 0 Å². The van der Waals surface area contributed by atoms with Crippen molar-refractivity contribution in [1.82, 2.24) is 15.3 Å². The third kappa shape index (κ3) is 3.98. The van der Waals surface area contributed by atoms with Crippen molar-refractivity contribution in [2.45, 2.75) is 38.1 Å². The van der Waals surface area contributed by atoms with Gasteiger partial charge in [-0.25, -0.2) is 4.98 Å². The van der Waals surface area contributed by atoms with E-state index in [1.54, 1.807) is 17.5 Å². The van der Waals surface area contributed by atoms with Crippen LogP contribution in [0.5, 0.6) is 0 Å². The van der Waals surface area contributed by atoms with E-state index in [-0.39, 0.29) is 0 Å².